The van der Waals surface area contributed by atoms with Crippen molar-refractivity contribution in [1.29, 1.82) is 0 Å². The van der Waals surface area contributed by atoms with Crippen molar-refractivity contribution in [3.8, 4) is 11.4 Å². The van der Waals surface area contributed by atoms with Crippen LogP contribution < -0.4 is 19.6 Å². The number of rotatable bonds is 7. The maximum Gasteiger partial charge on any atom is 0.338 e. The molecule has 2 aromatic carbocycles. The number of thiazole rings is 1. The van der Waals surface area contributed by atoms with Gasteiger partial charge in [0.15, 0.2) is 4.80 Å². The van der Waals surface area contributed by atoms with E-state index in [1.54, 1.807) is 18.4 Å². The van der Waals surface area contributed by atoms with Gasteiger partial charge in [0.2, 0.25) is 0 Å². The summed E-state index contributed by atoms with van der Waals surface area (Å²) in [5.41, 5.74) is 7.93. The number of ether oxygens (including phenoxy) is 2. The van der Waals surface area contributed by atoms with Crippen LogP contribution in [0.1, 0.15) is 67.4 Å². The zero-order chi connectivity index (χ0) is 30.3. The molecule has 0 spiro atoms. The first-order valence-electron chi connectivity index (χ1n) is 14.2. The number of aryl methyl sites for hydroxylation is 3. The van der Waals surface area contributed by atoms with Crippen LogP contribution in [-0.4, -0.2) is 27.8 Å². The lowest BCUT2D eigenvalue weighted by Gasteiger charge is -2.26. The van der Waals surface area contributed by atoms with Crippen LogP contribution in [0.2, 0.25) is 0 Å². The van der Waals surface area contributed by atoms with Crippen molar-refractivity contribution in [2.45, 2.75) is 67.5 Å². The fraction of sp³-hybridized carbons (Fsp3) is 0.324. The number of hydrogen-bond donors (Lipinski definition) is 0. The molecule has 0 bridgehead atoms. The lowest BCUT2D eigenvalue weighted by atomic mass is 9.95. The Morgan fingerprint density at radius 2 is 1.74 bits per heavy atom. The number of hydrogen-bond acceptors (Lipinski definition) is 6. The fourth-order valence-corrected chi connectivity index (χ4v) is 6.74. The van der Waals surface area contributed by atoms with Gasteiger partial charge in [0.25, 0.3) is 5.56 Å². The second-order valence-corrected chi connectivity index (χ2v) is 12.0. The lowest BCUT2D eigenvalue weighted by molar-refractivity contribution is -0.139. The van der Waals surface area contributed by atoms with Gasteiger partial charge in [0.05, 0.1) is 28.5 Å². The van der Waals surface area contributed by atoms with Crippen LogP contribution in [-0.2, 0) is 9.53 Å². The average molecular weight is 584 g/mol. The Kier molecular flexibility index (Phi) is 8.10. The molecule has 0 radical (unpaired) electrons. The maximum absolute atomic E-state index is 14.2. The Bertz CT molecular complexity index is 1880. The van der Waals surface area contributed by atoms with E-state index in [9.17, 15) is 9.59 Å². The highest BCUT2D eigenvalue weighted by atomic mass is 32.1. The summed E-state index contributed by atoms with van der Waals surface area (Å²) in [5, 5.41) is 0. The standard InChI is InChI=1S/C34H37N3O4S/c1-9-40-33(39)30-23(7)35-34-37(31(30)27-12-10-11-13-28(27)41-19(2)3)32(38)29(42-34)18-25-17-22(6)36(24(25)8)26-15-20(4)14-21(5)16-26/h10-19,31H,9H2,1-8H3/b29-18+/t31-/m0/s1. The number of nitrogens with zero attached hydrogens (tertiary/aromatic N) is 3. The quantitative estimate of drug-likeness (QED) is 0.265. The van der Waals surface area contributed by atoms with Crippen LogP contribution in [0.5, 0.6) is 5.75 Å². The molecule has 1 atom stereocenters. The number of carbonyl (C=O) groups excluding carboxylic acids is 1. The summed E-state index contributed by atoms with van der Waals surface area (Å²) < 4.78 is 16.0. The Morgan fingerprint density at radius 3 is 2.40 bits per heavy atom. The first kappa shape index (κ1) is 29.3. The predicted molar refractivity (Wildman–Crippen MR) is 167 cm³/mol. The smallest absolute Gasteiger partial charge is 0.338 e. The van der Waals surface area contributed by atoms with Crippen molar-refractivity contribution in [1.82, 2.24) is 9.13 Å². The first-order valence-corrected chi connectivity index (χ1v) is 15.0. The summed E-state index contributed by atoms with van der Waals surface area (Å²) in [7, 11) is 0. The summed E-state index contributed by atoms with van der Waals surface area (Å²) >= 11 is 1.32. The SMILES string of the molecule is CCOC(=O)C1=C(C)N=c2s/c(=C/c3cc(C)n(-c4cc(C)cc(C)c4)c3C)c(=O)n2[C@H]1c1ccccc1OC(C)C. The minimum absolute atomic E-state index is 0.0921. The van der Waals surface area contributed by atoms with Gasteiger partial charge in [-0.15, -0.1) is 0 Å². The molecular weight excluding hydrogens is 546 g/mol. The molecule has 5 rings (SSSR count). The van der Waals surface area contributed by atoms with E-state index in [-0.39, 0.29) is 18.3 Å². The molecule has 0 saturated heterocycles. The van der Waals surface area contributed by atoms with E-state index in [1.807, 2.05) is 44.2 Å². The molecule has 0 unspecified atom stereocenters. The molecule has 0 saturated carbocycles. The van der Waals surface area contributed by atoms with Crippen LogP contribution in [0.15, 0.2) is 69.6 Å². The highest BCUT2D eigenvalue weighted by Gasteiger charge is 2.35. The van der Waals surface area contributed by atoms with Crippen molar-refractivity contribution in [2.75, 3.05) is 6.61 Å². The molecule has 3 heterocycles. The molecule has 0 aliphatic carbocycles. The van der Waals surface area contributed by atoms with Gasteiger partial charge >= 0.3 is 5.97 Å². The zero-order valence-corrected chi connectivity index (χ0v) is 26.3. The van der Waals surface area contributed by atoms with E-state index in [2.05, 4.69) is 56.5 Å². The first-order chi connectivity index (χ1) is 20.0. The molecular formula is C34H37N3O4S. The van der Waals surface area contributed by atoms with Crippen molar-refractivity contribution in [3.05, 3.63) is 113 Å². The molecule has 218 valence electrons. The van der Waals surface area contributed by atoms with Gasteiger partial charge in [-0.2, -0.15) is 0 Å². The normalized spacial score (nSPS) is 15.2. The summed E-state index contributed by atoms with van der Waals surface area (Å²) in [4.78, 5) is 32.8. The third-order valence-corrected chi connectivity index (χ3v) is 8.30. The molecule has 0 N–H and O–H groups in total. The topological polar surface area (TPSA) is 74.8 Å². The minimum atomic E-state index is -0.736. The van der Waals surface area contributed by atoms with E-state index in [4.69, 9.17) is 14.5 Å². The third-order valence-electron chi connectivity index (χ3n) is 7.31. The van der Waals surface area contributed by atoms with Crippen LogP contribution in [0, 0.1) is 27.7 Å². The maximum atomic E-state index is 14.2. The van der Waals surface area contributed by atoms with Crippen molar-refractivity contribution in [3.63, 3.8) is 0 Å². The molecule has 8 heteroatoms. The molecule has 0 amide bonds. The van der Waals surface area contributed by atoms with Gasteiger partial charge in [-0.3, -0.25) is 9.36 Å². The number of carbonyl (C=O) groups is 1. The van der Waals surface area contributed by atoms with E-state index in [0.29, 0.717) is 31.9 Å². The van der Waals surface area contributed by atoms with Gasteiger partial charge in [0.1, 0.15) is 11.8 Å². The van der Waals surface area contributed by atoms with Gasteiger partial charge in [-0.25, -0.2) is 9.79 Å². The fourth-order valence-electron chi connectivity index (χ4n) is 5.71. The summed E-state index contributed by atoms with van der Waals surface area (Å²) in [6.07, 6.45) is 1.84. The number of benzene rings is 2. The van der Waals surface area contributed by atoms with Gasteiger partial charge in [-0.05, 0) is 102 Å². The van der Waals surface area contributed by atoms with Gasteiger partial charge in [-0.1, -0.05) is 35.6 Å². The van der Waals surface area contributed by atoms with Crippen molar-refractivity contribution in [2.24, 2.45) is 4.99 Å². The second kappa shape index (κ2) is 11.6. The van der Waals surface area contributed by atoms with Crippen LogP contribution in [0.25, 0.3) is 11.8 Å². The van der Waals surface area contributed by atoms with Crippen molar-refractivity contribution < 1.29 is 14.3 Å². The van der Waals surface area contributed by atoms with E-state index in [0.717, 1.165) is 22.6 Å². The van der Waals surface area contributed by atoms with Gasteiger partial charge in [0, 0.05) is 22.6 Å². The van der Waals surface area contributed by atoms with Crippen molar-refractivity contribution >= 4 is 23.4 Å². The number of allylic oxidation sites excluding steroid dienone is 1. The summed E-state index contributed by atoms with van der Waals surface area (Å²) in [6.45, 7) is 16.0. The monoisotopic (exact) mass is 583 g/mol. The minimum Gasteiger partial charge on any atom is -0.491 e. The summed E-state index contributed by atoms with van der Waals surface area (Å²) in [5.74, 6) is 0.120. The lowest BCUT2D eigenvalue weighted by Crippen LogP contribution is -2.40. The van der Waals surface area contributed by atoms with Crippen LogP contribution in [0.4, 0.5) is 0 Å². The zero-order valence-electron chi connectivity index (χ0n) is 25.4. The van der Waals surface area contributed by atoms with E-state index >= 15 is 0 Å². The predicted octanol–water partition coefficient (Wildman–Crippen LogP) is 5.61. The number of aromatic nitrogens is 2. The second-order valence-electron chi connectivity index (χ2n) is 11.0. The molecule has 42 heavy (non-hydrogen) atoms. The van der Waals surface area contributed by atoms with Gasteiger partial charge < -0.3 is 14.0 Å². The number of para-hydroxylation sites is 1. The molecule has 1 aliphatic rings. The molecule has 0 fully saturated rings. The third kappa shape index (κ3) is 5.39. The molecule has 2 aromatic heterocycles. The van der Waals surface area contributed by atoms with Crippen LogP contribution >= 0.6 is 11.3 Å². The molecule has 4 aromatic rings. The van der Waals surface area contributed by atoms with E-state index < -0.39 is 12.0 Å². The average Bonchev–Trinajstić information content (AvgIpc) is 3.36. The summed E-state index contributed by atoms with van der Waals surface area (Å²) in [6, 6.07) is 15.4. The number of fused-ring (bicyclic) bond motifs is 1. The Balaban J connectivity index is 1.72. The largest absolute Gasteiger partial charge is 0.491 e. The Labute approximate surface area is 250 Å². The molecule has 7 nitrogen and oxygen atoms in total. The highest BCUT2D eigenvalue weighted by molar-refractivity contribution is 7.07. The Morgan fingerprint density at radius 1 is 1.05 bits per heavy atom. The van der Waals surface area contributed by atoms with Crippen LogP contribution in [0.3, 0.4) is 0 Å². The number of esters is 1. The Hall–Kier alpha value is -4.17. The highest BCUT2D eigenvalue weighted by Crippen LogP contribution is 2.36. The van der Waals surface area contributed by atoms with E-state index in [1.165, 1.54) is 22.5 Å². The molecule has 1 aliphatic heterocycles.